The number of furan rings is 1. The molecule has 0 atom stereocenters. The summed E-state index contributed by atoms with van der Waals surface area (Å²) in [6.45, 7) is 0. The number of allylic oxidation sites excluding steroid dienone is 1. The van der Waals surface area contributed by atoms with E-state index in [2.05, 4.69) is 15.2 Å². The highest BCUT2D eigenvalue weighted by molar-refractivity contribution is 7.99. The van der Waals surface area contributed by atoms with Gasteiger partial charge in [-0.1, -0.05) is 29.4 Å². The van der Waals surface area contributed by atoms with Crippen LogP contribution in [0, 0.1) is 0 Å². The maximum absolute atomic E-state index is 12.0. The van der Waals surface area contributed by atoms with Crippen molar-refractivity contribution in [1.29, 1.82) is 0 Å². The Hall–Kier alpha value is -2.51. The van der Waals surface area contributed by atoms with Crippen molar-refractivity contribution in [3.05, 3.63) is 65.6 Å². The van der Waals surface area contributed by atoms with Crippen LogP contribution in [0.25, 0.3) is 5.76 Å². The number of hydrogen-bond donors (Lipinski definition) is 2. The van der Waals surface area contributed by atoms with Crippen LogP contribution in [0.15, 0.2) is 63.2 Å². The summed E-state index contributed by atoms with van der Waals surface area (Å²) < 4.78 is 5.24. The van der Waals surface area contributed by atoms with Crippen LogP contribution in [-0.4, -0.2) is 26.1 Å². The number of hydrogen-bond acceptors (Lipinski definition) is 6. The third-order valence-corrected chi connectivity index (χ3v) is 3.94. The zero-order chi connectivity index (χ0) is 16.2. The van der Waals surface area contributed by atoms with Gasteiger partial charge < -0.3 is 9.52 Å². The predicted molar refractivity (Wildman–Crippen MR) is 85.6 cm³/mol. The molecular formula is C15H10ClN3O3S. The first kappa shape index (κ1) is 15.4. The molecule has 0 amide bonds. The van der Waals surface area contributed by atoms with Gasteiger partial charge in [-0.15, -0.1) is 0 Å². The number of nitrogens with one attached hydrogen (secondary N) is 1. The van der Waals surface area contributed by atoms with Crippen molar-refractivity contribution in [2.75, 3.05) is 0 Å². The van der Waals surface area contributed by atoms with Gasteiger partial charge in [0.2, 0.25) is 11.6 Å². The van der Waals surface area contributed by atoms with Crippen LogP contribution in [-0.2, 0) is 0 Å². The lowest BCUT2D eigenvalue weighted by molar-refractivity contribution is 0.102. The topological polar surface area (TPSA) is 92.0 Å². The molecule has 0 spiro atoms. The van der Waals surface area contributed by atoms with E-state index in [0.717, 1.165) is 15.9 Å². The largest absolute Gasteiger partial charge is 0.504 e. The van der Waals surface area contributed by atoms with E-state index in [1.807, 2.05) is 18.2 Å². The smallest absolute Gasteiger partial charge is 0.224 e. The molecule has 0 unspecified atom stereocenters. The summed E-state index contributed by atoms with van der Waals surface area (Å²) in [5.74, 6) is -0.669. The Balaban J connectivity index is 1.74. The van der Waals surface area contributed by atoms with Crippen LogP contribution in [0.5, 0.6) is 0 Å². The molecule has 0 aliphatic heterocycles. The molecule has 0 saturated carbocycles. The van der Waals surface area contributed by atoms with Gasteiger partial charge in [-0.2, -0.15) is 5.10 Å². The average Bonchev–Trinajstić information content (AvgIpc) is 3.18. The first-order valence-corrected chi connectivity index (χ1v) is 7.64. The van der Waals surface area contributed by atoms with Gasteiger partial charge in [-0.05, 0) is 18.2 Å². The highest BCUT2D eigenvalue weighted by Gasteiger charge is 2.13. The van der Waals surface area contributed by atoms with Crippen molar-refractivity contribution >= 4 is 34.9 Å². The number of aromatic nitrogens is 3. The van der Waals surface area contributed by atoms with E-state index in [0.29, 0.717) is 5.02 Å². The number of aliphatic hydroxyl groups excluding tert-OH is 1. The van der Waals surface area contributed by atoms with Crippen LogP contribution in [0.4, 0.5) is 0 Å². The Labute approximate surface area is 140 Å². The van der Waals surface area contributed by atoms with E-state index in [9.17, 15) is 9.90 Å². The molecule has 2 aromatic heterocycles. The molecule has 0 aliphatic rings. The van der Waals surface area contributed by atoms with E-state index in [1.54, 1.807) is 12.1 Å². The second-order valence-corrected chi connectivity index (χ2v) is 6.01. The summed E-state index contributed by atoms with van der Waals surface area (Å²) in [4.78, 5) is 17.5. The summed E-state index contributed by atoms with van der Waals surface area (Å²) in [5, 5.41) is 16.5. The van der Waals surface area contributed by atoms with Gasteiger partial charge in [-0.3, -0.25) is 9.89 Å². The number of nitrogens with zero attached hydrogens (tertiary/aromatic N) is 2. The van der Waals surface area contributed by atoms with Crippen LogP contribution in [0.1, 0.15) is 16.4 Å². The van der Waals surface area contributed by atoms with Crippen molar-refractivity contribution in [3.63, 3.8) is 0 Å². The average molecular weight is 348 g/mol. The molecule has 1 aromatic carbocycles. The molecular weight excluding hydrogens is 338 g/mol. The van der Waals surface area contributed by atoms with Gasteiger partial charge in [0.15, 0.2) is 11.5 Å². The van der Waals surface area contributed by atoms with Gasteiger partial charge in [0, 0.05) is 22.1 Å². The molecule has 2 heterocycles. The number of aliphatic hydroxyl groups is 1. The summed E-state index contributed by atoms with van der Waals surface area (Å²) in [5.41, 5.74) is 0. The molecule has 0 saturated heterocycles. The summed E-state index contributed by atoms with van der Waals surface area (Å²) >= 11 is 7.35. The molecule has 0 bridgehead atoms. The van der Waals surface area contributed by atoms with Gasteiger partial charge in [0.05, 0.1) is 4.90 Å². The lowest BCUT2D eigenvalue weighted by Gasteiger charge is -1.97. The van der Waals surface area contributed by atoms with Gasteiger partial charge in [0.25, 0.3) is 0 Å². The normalized spacial score (nSPS) is 11.6. The number of ketones is 1. The van der Waals surface area contributed by atoms with Crippen LogP contribution >= 0.6 is 23.4 Å². The van der Waals surface area contributed by atoms with E-state index in [-0.39, 0.29) is 17.3 Å². The fourth-order valence-corrected chi connectivity index (χ4v) is 2.88. The molecule has 3 aromatic rings. The quantitative estimate of drug-likeness (QED) is 0.412. The van der Waals surface area contributed by atoms with E-state index in [1.165, 1.54) is 24.4 Å². The van der Waals surface area contributed by atoms with Crippen molar-refractivity contribution in [1.82, 2.24) is 15.2 Å². The second-order valence-electron chi connectivity index (χ2n) is 4.42. The number of rotatable bonds is 5. The third-order valence-electron chi connectivity index (χ3n) is 2.76. The number of H-pyrrole nitrogens is 1. The lowest BCUT2D eigenvalue weighted by Crippen LogP contribution is -1.95. The molecule has 23 heavy (non-hydrogen) atoms. The number of halogens is 1. The Morgan fingerprint density at radius 2 is 2.22 bits per heavy atom. The van der Waals surface area contributed by atoms with Crippen LogP contribution in [0.3, 0.4) is 0 Å². The highest BCUT2D eigenvalue weighted by atomic mass is 35.5. The third kappa shape index (κ3) is 3.82. The highest BCUT2D eigenvalue weighted by Crippen LogP contribution is 2.31. The van der Waals surface area contributed by atoms with Crippen molar-refractivity contribution in [2.45, 2.75) is 9.79 Å². The number of carbonyl (C=O) groups excluding carboxylic acids is 1. The Morgan fingerprint density at radius 3 is 2.96 bits per heavy atom. The molecule has 2 N–H and O–H groups in total. The monoisotopic (exact) mass is 347 g/mol. The van der Waals surface area contributed by atoms with Crippen molar-refractivity contribution < 1.29 is 14.3 Å². The number of benzene rings is 1. The minimum atomic E-state index is -0.481. The Morgan fingerprint density at radius 1 is 1.35 bits per heavy atom. The van der Waals surface area contributed by atoms with Gasteiger partial charge in [-0.25, -0.2) is 4.98 Å². The summed E-state index contributed by atoms with van der Waals surface area (Å²) in [6.07, 6.45) is 3.78. The molecule has 0 radical (unpaired) electrons. The first-order chi connectivity index (χ1) is 11.1. The van der Waals surface area contributed by atoms with Gasteiger partial charge in [0.1, 0.15) is 12.6 Å². The Bertz CT molecular complexity index is 858. The van der Waals surface area contributed by atoms with Crippen LogP contribution in [0.2, 0.25) is 5.02 Å². The minimum absolute atomic E-state index is 0.0402. The fourth-order valence-electron chi connectivity index (χ4n) is 1.76. The van der Waals surface area contributed by atoms with Crippen LogP contribution < -0.4 is 0 Å². The molecule has 3 rings (SSSR count). The number of carbonyl (C=O) groups is 1. The molecule has 0 aliphatic carbocycles. The molecule has 0 fully saturated rings. The van der Waals surface area contributed by atoms with E-state index < -0.39 is 5.78 Å². The zero-order valence-corrected chi connectivity index (χ0v) is 13.1. The SMILES string of the molecule is O=C(C=C(O)c1nc[nH]n1)c1cc(Sc2cccc(Cl)c2)co1. The van der Waals surface area contributed by atoms with Crippen molar-refractivity contribution in [2.24, 2.45) is 0 Å². The molecule has 6 nitrogen and oxygen atoms in total. The lowest BCUT2D eigenvalue weighted by atomic mass is 10.2. The maximum atomic E-state index is 12.0. The molecule has 116 valence electrons. The first-order valence-electron chi connectivity index (χ1n) is 6.45. The fraction of sp³-hybridized carbons (Fsp3) is 0. The minimum Gasteiger partial charge on any atom is -0.504 e. The molecule has 8 heteroatoms. The van der Waals surface area contributed by atoms with Gasteiger partial charge >= 0.3 is 0 Å². The van der Waals surface area contributed by atoms with Crippen molar-refractivity contribution in [3.8, 4) is 0 Å². The Kier molecular flexibility index (Phi) is 4.50. The standard InChI is InChI=1S/C15H10ClN3O3S/c16-9-2-1-3-10(4-9)23-11-5-14(22-7-11)12(20)6-13(21)15-17-8-18-19-15/h1-8,21H,(H,17,18,19). The van der Waals surface area contributed by atoms with E-state index >= 15 is 0 Å². The second kappa shape index (κ2) is 6.72. The predicted octanol–water partition coefficient (Wildman–Crippen LogP) is 3.98. The van der Waals surface area contributed by atoms with E-state index in [4.69, 9.17) is 16.0 Å². The maximum Gasteiger partial charge on any atom is 0.224 e. The number of aromatic amines is 1. The summed E-state index contributed by atoms with van der Waals surface area (Å²) in [7, 11) is 0. The summed E-state index contributed by atoms with van der Waals surface area (Å²) in [6, 6.07) is 8.94. The zero-order valence-electron chi connectivity index (χ0n) is 11.6.